The van der Waals surface area contributed by atoms with Crippen molar-refractivity contribution in [2.75, 3.05) is 0 Å². The second kappa shape index (κ2) is 8.26. The molecular weight excluding hydrogens is 348 g/mol. The van der Waals surface area contributed by atoms with Gasteiger partial charge in [-0.15, -0.1) is 0 Å². The van der Waals surface area contributed by atoms with Crippen molar-refractivity contribution in [3.63, 3.8) is 0 Å². The summed E-state index contributed by atoms with van der Waals surface area (Å²) in [5, 5.41) is 3.33. The van der Waals surface area contributed by atoms with E-state index in [1.165, 1.54) is 32.1 Å². The molecule has 0 spiro atoms. The highest BCUT2D eigenvalue weighted by Crippen LogP contribution is 2.37. The van der Waals surface area contributed by atoms with E-state index in [9.17, 15) is 9.59 Å². The molecule has 2 amide bonds. The van der Waals surface area contributed by atoms with E-state index >= 15 is 0 Å². The molecule has 4 nitrogen and oxygen atoms in total. The predicted octanol–water partition coefficient (Wildman–Crippen LogP) is 4.62. The van der Waals surface area contributed by atoms with E-state index in [1.54, 1.807) is 0 Å². The van der Waals surface area contributed by atoms with Crippen LogP contribution in [-0.4, -0.2) is 34.3 Å². The molecular formula is C24H34N2O2. The fraction of sp³-hybridized carbons (Fsp3) is 0.667. The molecule has 0 aromatic heterocycles. The summed E-state index contributed by atoms with van der Waals surface area (Å²) in [4.78, 5) is 29.1. The van der Waals surface area contributed by atoms with Gasteiger partial charge in [-0.25, -0.2) is 0 Å². The molecule has 1 aliphatic heterocycles. The number of hydrogen-bond acceptors (Lipinski definition) is 2. The van der Waals surface area contributed by atoms with Gasteiger partial charge < -0.3 is 10.2 Å². The van der Waals surface area contributed by atoms with Gasteiger partial charge >= 0.3 is 0 Å². The SMILES string of the molecule is C[C@@]1(C(=O)NC2CCCCC2)Cc2ccccc2C(=O)N1C1CCCCCC1. The fourth-order valence-electron chi connectivity index (χ4n) is 5.56. The molecule has 2 saturated carbocycles. The lowest BCUT2D eigenvalue weighted by Gasteiger charge is -2.48. The van der Waals surface area contributed by atoms with Crippen LogP contribution in [0.15, 0.2) is 24.3 Å². The Balaban J connectivity index is 1.66. The summed E-state index contributed by atoms with van der Waals surface area (Å²) < 4.78 is 0. The van der Waals surface area contributed by atoms with Crippen LogP contribution in [0.1, 0.15) is 93.5 Å². The molecule has 0 bridgehead atoms. The highest BCUT2D eigenvalue weighted by atomic mass is 16.2. The van der Waals surface area contributed by atoms with Crippen molar-refractivity contribution in [2.24, 2.45) is 0 Å². The van der Waals surface area contributed by atoms with Gasteiger partial charge in [-0.1, -0.05) is 63.1 Å². The fourth-order valence-corrected chi connectivity index (χ4v) is 5.56. The van der Waals surface area contributed by atoms with Gasteiger partial charge in [-0.3, -0.25) is 9.59 Å². The van der Waals surface area contributed by atoms with E-state index in [4.69, 9.17) is 0 Å². The summed E-state index contributed by atoms with van der Waals surface area (Å²) >= 11 is 0. The number of nitrogens with zero attached hydrogens (tertiary/aromatic N) is 1. The average Bonchev–Trinajstić information content (AvgIpc) is 2.98. The molecule has 28 heavy (non-hydrogen) atoms. The summed E-state index contributed by atoms with van der Waals surface area (Å²) in [6.45, 7) is 2.00. The Hall–Kier alpha value is -1.84. The van der Waals surface area contributed by atoms with E-state index in [0.717, 1.165) is 49.7 Å². The summed E-state index contributed by atoms with van der Waals surface area (Å²) in [5.41, 5.74) is 1.01. The van der Waals surface area contributed by atoms with E-state index in [1.807, 2.05) is 36.1 Å². The minimum Gasteiger partial charge on any atom is -0.351 e. The smallest absolute Gasteiger partial charge is 0.255 e. The van der Waals surface area contributed by atoms with Crippen molar-refractivity contribution in [1.82, 2.24) is 10.2 Å². The van der Waals surface area contributed by atoms with Gasteiger partial charge in [0.25, 0.3) is 5.91 Å². The Morgan fingerprint density at radius 3 is 2.29 bits per heavy atom. The first-order valence-corrected chi connectivity index (χ1v) is 11.3. The van der Waals surface area contributed by atoms with Crippen molar-refractivity contribution < 1.29 is 9.59 Å². The van der Waals surface area contributed by atoms with Crippen molar-refractivity contribution in [2.45, 2.75) is 102 Å². The Labute approximate surface area is 169 Å². The number of carbonyl (C=O) groups excluding carboxylic acids is 2. The first kappa shape index (κ1) is 19.5. The molecule has 2 aliphatic carbocycles. The number of carbonyl (C=O) groups is 2. The van der Waals surface area contributed by atoms with Crippen LogP contribution in [-0.2, 0) is 11.2 Å². The highest BCUT2D eigenvalue weighted by Gasteiger charge is 2.49. The first-order valence-electron chi connectivity index (χ1n) is 11.3. The van der Waals surface area contributed by atoms with Crippen LogP contribution in [0, 0.1) is 0 Å². The van der Waals surface area contributed by atoms with Gasteiger partial charge in [0.2, 0.25) is 5.91 Å². The van der Waals surface area contributed by atoms with Crippen LogP contribution in [0.2, 0.25) is 0 Å². The third-order valence-corrected chi connectivity index (χ3v) is 7.15. The number of benzene rings is 1. The molecule has 3 aliphatic rings. The topological polar surface area (TPSA) is 49.4 Å². The zero-order chi connectivity index (χ0) is 19.6. The first-order chi connectivity index (χ1) is 13.6. The van der Waals surface area contributed by atoms with Crippen molar-refractivity contribution in [3.8, 4) is 0 Å². The Morgan fingerprint density at radius 1 is 0.964 bits per heavy atom. The minimum atomic E-state index is -0.794. The molecule has 1 N–H and O–H groups in total. The van der Waals surface area contributed by atoms with E-state index in [0.29, 0.717) is 6.42 Å². The third-order valence-electron chi connectivity index (χ3n) is 7.15. The third kappa shape index (κ3) is 3.70. The summed E-state index contributed by atoms with van der Waals surface area (Å²) in [6, 6.07) is 8.30. The Kier molecular flexibility index (Phi) is 5.75. The molecule has 4 heteroatoms. The Bertz CT molecular complexity index is 717. The monoisotopic (exact) mass is 382 g/mol. The lowest BCUT2D eigenvalue weighted by Crippen LogP contribution is -2.66. The van der Waals surface area contributed by atoms with E-state index in [2.05, 4.69) is 5.32 Å². The van der Waals surface area contributed by atoms with Gasteiger partial charge in [-0.2, -0.15) is 0 Å². The van der Waals surface area contributed by atoms with Crippen LogP contribution < -0.4 is 5.32 Å². The Morgan fingerprint density at radius 2 is 1.57 bits per heavy atom. The number of hydrogen-bond donors (Lipinski definition) is 1. The van der Waals surface area contributed by atoms with Crippen LogP contribution in [0.4, 0.5) is 0 Å². The van der Waals surface area contributed by atoms with Gasteiger partial charge in [-0.05, 0) is 44.2 Å². The number of rotatable bonds is 3. The summed E-state index contributed by atoms with van der Waals surface area (Å²) in [7, 11) is 0. The molecule has 1 aromatic carbocycles. The van der Waals surface area contributed by atoms with Gasteiger partial charge in [0.15, 0.2) is 0 Å². The van der Waals surface area contributed by atoms with Crippen molar-refractivity contribution in [3.05, 3.63) is 35.4 Å². The lowest BCUT2D eigenvalue weighted by molar-refractivity contribution is -0.134. The maximum atomic E-state index is 13.6. The predicted molar refractivity (Wildman–Crippen MR) is 111 cm³/mol. The van der Waals surface area contributed by atoms with Crippen LogP contribution in [0.25, 0.3) is 0 Å². The number of fused-ring (bicyclic) bond motifs is 1. The van der Waals surface area contributed by atoms with Gasteiger partial charge in [0.1, 0.15) is 5.54 Å². The zero-order valence-corrected chi connectivity index (χ0v) is 17.2. The molecule has 1 aromatic rings. The zero-order valence-electron chi connectivity index (χ0n) is 17.2. The molecule has 2 fully saturated rings. The van der Waals surface area contributed by atoms with Crippen molar-refractivity contribution in [1.29, 1.82) is 0 Å². The standard InChI is InChI=1S/C24H34N2O2/c1-24(23(28)25-19-12-5-4-6-13-19)17-18-11-9-10-16-21(18)22(27)26(24)20-14-7-2-3-8-15-20/h9-11,16,19-20H,2-8,12-15,17H2,1H3,(H,25,28)/t24-/m0/s1. The lowest BCUT2D eigenvalue weighted by atomic mass is 9.80. The molecule has 0 unspecified atom stereocenters. The second-order valence-corrected chi connectivity index (χ2v) is 9.24. The summed E-state index contributed by atoms with van der Waals surface area (Å²) in [5.74, 6) is 0.0987. The molecule has 1 heterocycles. The molecule has 152 valence electrons. The van der Waals surface area contributed by atoms with Crippen LogP contribution in [0.5, 0.6) is 0 Å². The van der Waals surface area contributed by atoms with Gasteiger partial charge in [0, 0.05) is 24.1 Å². The number of amides is 2. The normalized spacial score (nSPS) is 27.2. The highest BCUT2D eigenvalue weighted by molar-refractivity contribution is 6.02. The maximum absolute atomic E-state index is 13.6. The molecule has 4 rings (SSSR count). The molecule has 0 saturated heterocycles. The summed E-state index contributed by atoms with van der Waals surface area (Å²) in [6.07, 6.45) is 13.2. The van der Waals surface area contributed by atoms with Crippen LogP contribution >= 0.6 is 0 Å². The van der Waals surface area contributed by atoms with Crippen LogP contribution in [0.3, 0.4) is 0 Å². The van der Waals surface area contributed by atoms with Gasteiger partial charge in [0.05, 0.1) is 0 Å². The maximum Gasteiger partial charge on any atom is 0.255 e. The largest absolute Gasteiger partial charge is 0.351 e. The minimum absolute atomic E-state index is 0.0477. The molecule has 1 atom stereocenters. The number of nitrogens with one attached hydrogen (secondary N) is 1. The average molecular weight is 383 g/mol. The quantitative estimate of drug-likeness (QED) is 0.776. The van der Waals surface area contributed by atoms with E-state index < -0.39 is 5.54 Å². The molecule has 0 radical (unpaired) electrons. The van der Waals surface area contributed by atoms with E-state index in [-0.39, 0.29) is 23.9 Å². The van der Waals surface area contributed by atoms with Crippen molar-refractivity contribution >= 4 is 11.8 Å². The second-order valence-electron chi connectivity index (χ2n) is 9.24.